The summed E-state index contributed by atoms with van der Waals surface area (Å²) in [6, 6.07) is 6.71. The zero-order chi connectivity index (χ0) is 21.2. The van der Waals surface area contributed by atoms with Gasteiger partial charge < -0.3 is 20.0 Å². The normalized spacial score (nSPS) is 10.3. The van der Waals surface area contributed by atoms with Crippen LogP contribution in [-0.4, -0.2) is 25.6 Å². The van der Waals surface area contributed by atoms with E-state index in [1.54, 1.807) is 24.3 Å². The molecule has 0 heterocycles. The fourth-order valence-corrected chi connectivity index (χ4v) is 3.40. The van der Waals surface area contributed by atoms with Gasteiger partial charge in [0.25, 0.3) is 0 Å². The molecule has 0 saturated heterocycles. The number of hydrogen-bond acceptors (Lipinski definition) is 5. The molecule has 0 saturated carbocycles. The summed E-state index contributed by atoms with van der Waals surface area (Å²) in [6.07, 6.45) is 16.8. The molecule has 1 N–H and O–H groups in total. The summed E-state index contributed by atoms with van der Waals surface area (Å²) in [4.78, 5) is 21.7. The summed E-state index contributed by atoms with van der Waals surface area (Å²) < 4.78 is 4.64. The van der Waals surface area contributed by atoms with E-state index in [0.29, 0.717) is 6.42 Å². The predicted octanol–water partition coefficient (Wildman–Crippen LogP) is 2.10. The van der Waals surface area contributed by atoms with Gasteiger partial charge in [0.15, 0.2) is 0 Å². The minimum atomic E-state index is -1.14. The van der Waals surface area contributed by atoms with Crippen molar-refractivity contribution in [2.24, 2.45) is 0 Å². The molecule has 0 atom stereocenters. The van der Waals surface area contributed by atoms with E-state index in [0.717, 1.165) is 31.5 Å². The van der Waals surface area contributed by atoms with Crippen molar-refractivity contribution in [3.05, 3.63) is 29.8 Å². The Hall–Kier alpha value is -0.404. The van der Waals surface area contributed by atoms with Crippen LogP contribution < -0.4 is 61.8 Å². The molecule has 1 aromatic rings. The van der Waals surface area contributed by atoms with Crippen LogP contribution in [-0.2, 0) is 9.53 Å². The molecule has 0 aliphatic carbocycles. The van der Waals surface area contributed by atoms with Gasteiger partial charge in [-0.3, -0.25) is 4.79 Å². The van der Waals surface area contributed by atoms with E-state index >= 15 is 0 Å². The Morgan fingerprint density at radius 1 is 0.767 bits per heavy atom. The summed E-state index contributed by atoms with van der Waals surface area (Å²) >= 11 is 0. The largest absolute Gasteiger partial charge is 1.00 e. The zero-order valence-electron chi connectivity index (χ0n) is 19.0. The van der Waals surface area contributed by atoms with Gasteiger partial charge in [0.05, 0.1) is 13.1 Å². The van der Waals surface area contributed by atoms with Crippen LogP contribution >= 0.6 is 0 Å². The maximum atomic E-state index is 11.0. The summed E-state index contributed by atoms with van der Waals surface area (Å²) in [5.74, 6) is -1.23. The third-order valence-electron chi connectivity index (χ3n) is 5.24. The molecule has 0 radical (unpaired) electrons. The molecule has 164 valence electrons. The second kappa shape index (κ2) is 20.5. The van der Waals surface area contributed by atoms with Crippen molar-refractivity contribution in [1.29, 1.82) is 0 Å². The Labute approximate surface area is 225 Å². The molecule has 5 nitrogen and oxygen atoms in total. The molecular weight excluding hydrogens is 405 g/mol. The van der Waals surface area contributed by atoms with Crippen LogP contribution in [0.5, 0.6) is 0 Å². The first kappa shape index (κ1) is 29.6. The molecule has 30 heavy (non-hydrogen) atoms. The minimum Gasteiger partial charge on any atom is -0.545 e. The van der Waals surface area contributed by atoms with E-state index in [4.69, 9.17) is 0 Å². The fourth-order valence-electron chi connectivity index (χ4n) is 3.40. The molecule has 6 heteroatoms. The first-order valence-electron chi connectivity index (χ1n) is 11.3. The van der Waals surface area contributed by atoms with E-state index in [2.05, 4.69) is 10.1 Å². The third kappa shape index (κ3) is 16.3. The van der Waals surface area contributed by atoms with Gasteiger partial charge in [-0.25, -0.2) is 0 Å². The number of carboxylic acids is 1. The van der Waals surface area contributed by atoms with Crippen LogP contribution in [0, 0.1) is 0 Å². The number of nitrogens with one attached hydrogen (secondary N) is 1. The molecule has 0 aliphatic heterocycles. The number of rotatable bonds is 18. The van der Waals surface area contributed by atoms with Crippen LogP contribution in [0.25, 0.3) is 0 Å². The van der Waals surface area contributed by atoms with Crippen molar-refractivity contribution in [3.8, 4) is 0 Å². The second-order valence-corrected chi connectivity index (χ2v) is 7.71. The first-order chi connectivity index (χ1) is 14.1. The van der Waals surface area contributed by atoms with Crippen LogP contribution in [0.3, 0.4) is 0 Å². The monoisotopic (exact) mass is 443 g/mol. The van der Waals surface area contributed by atoms with E-state index in [-0.39, 0.29) is 62.9 Å². The van der Waals surface area contributed by atoms with E-state index < -0.39 is 5.97 Å². The molecular formula is C24H38KNO4. The van der Waals surface area contributed by atoms with Crippen LogP contribution in [0.1, 0.15) is 100 Å². The number of esters is 1. The van der Waals surface area contributed by atoms with Gasteiger partial charge >= 0.3 is 57.4 Å². The number of ether oxygens (including phenoxy) is 1. The molecule has 0 unspecified atom stereocenters. The molecule has 0 aromatic heterocycles. The number of aromatic carboxylic acids is 1. The maximum absolute atomic E-state index is 11.0. The molecule has 1 aromatic carbocycles. The van der Waals surface area contributed by atoms with Crippen molar-refractivity contribution in [2.75, 3.05) is 19.0 Å². The molecule has 0 spiro atoms. The molecule has 0 aliphatic rings. The molecule has 1 rings (SSSR count). The van der Waals surface area contributed by atoms with Gasteiger partial charge in [0.2, 0.25) is 0 Å². The first-order valence-corrected chi connectivity index (χ1v) is 11.3. The van der Waals surface area contributed by atoms with Crippen LogP contribution in [0.2, 0.25) is 0 Å². The van der Waals surface area contributed by atoms with Crippen molar-refractivity contribution in [2.45, 2.75) is 89.9 Å². The molecule has 0 fully saturated rings. The average molecular weight is 444 g/mol. The van der Waals surface area contributed by atoms with Crippen molar-refractivity contribution >= 4 is 17.6 Å². The average Bonchev–Trinajstić information content (AvgIpc) is 2.73. The predicted molar refractivity (Wildman–Crippen MR) is 116 cm³/mol. The number of anilines is 1. The number of carbonyl (C=O) groups excluding carboxylic acids is 2. The number of carbonyl (C=O) groups is 2. The van der Waals surface area contributed by atoms with E-state index in [9.17, 15) is 14.7 Å². The Bertz CT molecular complexity index is 563. The number of hydrogen-bond donors (Lipinski definition) is 1. The van der Waals surface area contributed by atoms with Gasteiger partial charge in [-0.05, 0) is 30.5 Å². The second-order valence-electron chi connectivity index (χ2n) is 7.71. The Balaban J connectivity index is 0.00000841. The number of methoxy groups -OCH3 is 1. The van der Waals surface area contributed by atoms with Gasteiger partial charge in [0, 0.05) is 18.7 Å². The Kier molecular flexibility index (Phi) is 20.2. The Morgan fingerprint density at radius 2 is 1.20 bits per heavy atom. The summed E-state index contributed by atoms with van der Waals surface area (Å²) in [5, 5.41) is 14.0. The summed E-state index contributed by atoms with van der Waals surface area (Å²) in [5.41, 5.74) is 1.17. The fraction of sp³-hybridized carbons (Fsp3) is 0.667. The van der Waals surface area contributed by atoms with E-state index in [1.165, 1.54) is 71.3 Å². The topological polar surface area (TPSA) is 78.5 Å². The molecule has 0 amide bonds. The van der Waals surface area contributed by atoms with Crippen LogP contribution in [0.15, 0.2) is 24.3 Å². The molecule has 0 bridgehead atoms. The SMILES string of the molecule is COC(=O)CCCCCCCCCCCCCCCNc1ccc(C(=O)[O-])cc1.[K+]. The van der Waals surface area contributed by atoms with Crippen molar-refractivity contribution in [1.82, 2.24) is 0 Å². The third-order valence-corrected chi connectivity index (χ3v) is 5.24. The number of unbranched alkanes of at least 4 members (excludes halogenated alkanes) is 12. The van der Waals surface area contributed by atoms with Gasteiger partial charge in [0.1, 0.15) is 0 Å². The van der Waals surface area contributed by atoms with Gasteiger partial charge in [-0.15, -0.1) is 0 Å². The standard InChI is InChI=1S/C24H39NO4.K/c1-29-23(26)15-13-11-9-7-5-3-2-4-6-8-10-12-14-20-25-22-18-16-21(17-19-22)24(27)28;/h16-19,25H,2-15,20H2,1H3,(H,27,28);/q;+1/p-1. The zero-order valence-corrected chi connectivity index (χ0v) is 22.2. The smallest absolute Gasteiger partial charge is 0.545 e. The minimum absolute atomic E-state index is 0. The maximum Gasteiger partial charge on any atom is 1.00 e. The number of benzene rings is 1. The van der Waals surface area contributed by atoms with Crippen molar-refractivity contribution in [3.63, 3.8) is 0 Å². The van der Waals surface area contributed by atoms with E-state index in [1.807, 2.05) is 0 Å². The van der Waals surface area contributed by atoms with Gasteiger partial charge in [-0.2, -0.15) is 0 Å². The number of carboxylic acid groups (broad SMARTS) is 1. The summed E-state index contributed by atoms with van der Waals surface area (Å²) in [6.45, 7) is 0.921. The quantitative estimate of drug-likeness (QED) is 0.214. The Morgan fingerprint density at radius 3 is 1.63 bits per heavy atom. The summed E-state index contributed by atoms with van der Waals surface area (Å²) in [7, 11) is 1.45. The van der Waals surface area contributed by atoms with Crippen molar-refractivity contribution < 1.29 is 70.8 Å². The van der Waals surface area contributed by atoms with Crippen LogP contribution in [0.4, 0.5) is 5.69 Å². The van der Waals surface area contributed by atoms with Gasteiger partial charge in [-0.1, -0.05) is 82.8 Å².